The Hall–Kier alpha value is -1.81. The predicted molar refractivity (Wildman–Crippen MR) is 83.3 cm³/mol. The van der Waals surface area contributed by atoms with Crippen molar-refractivity contribution in [3.05, 3.63) is 47.3 Å². The fourth-order valence-electron chi connectivity index (χ4n) is 2.34. The van der Waals surface area contributed by atoms with Gasteiger partial charge in [0.05, 0.1) is 17.5 Å². The van der Waals surface area contributed by atoms with Crippen LogP contribution in [0.4, 0.5) is 0 Å². The highest BCUT2D eigenvalue weighted by molar-refractivity contribution is 5.35. The van der Waals surface area contributed by atoms with Gasteiger partial charge in [-0.3, -0.25) is 4.68 Å². The molecule has 4 nitrogen and oxygen atoms in total. The molecule has 0 spiro atoms. The lowest BCUT2D eigenvalue weighted by Gasteiger charge is -2.15. The van der Waals surface area contributed by atoms with Crippen LogP contribution in [0.15, 0.2) is 30.3 Å². The van der Waals surface area contributed by atoms with Crippen molar-refractivity contribution in [2.45, 2.75) is 52.9 Å². The zero-order valence-corrected chi connectivity index (χ0v) is 13.0. The Morgan fingerprint density at radius 3 is 2.67 bits per heavy atom. The SMILES string of the molecule is CCc1cc(COc2ccccc2C(O)CC)n(CC)n1. The minimum Gasteiger partial charge on any atom is -0.487 e. The van der Waals surface area contributed by atoms with E-state index in [0.29, 0.717) is 13.0 Å². The molecule has 0 radical (unpaired) electrons. The number of hydrogen-bond acceptors (Lipinski definition) is 3. The molecule has 0 amide bonds. The predicted octanol–water partition coefficient (Wildman–Crippen LogP) is 3.49. The standard InChI is InChI=1S/C17H24N2O2/c1-4-13-11-14(19(6-3)18-13)12-21-17-10-8-7-9-15(17)16(20)5-2/h7-11,16,20H,4-6,12H2,1-3H3. The van der Waals surface area contributed by atoms with Gasteiger partial charge in [0.1, 0.15) is 12.4 Å². The van der Waals surface area contributed by atoms with Crippen molar-refractivity contribution in [1.82, 2.24) is 9.78 Å². The lowest BCUT2D eigenvalue weighted by atomic mass is 10.1. The minimum atomic E-state index is -0.483. The molecule has 2 aromatic rings. The van der Waals surface area contributed by atoms with Crippen LogP contribution in [-0.4, -0.2) is 14.9 Å². The van der Waals surface area contributed by atoms with E-state index in [1.165, 1.54) is 0 Å². The molecular formula is C17H24N2O2. The summed E-state index contributed by atoms with van der Waals surface area (Å²) in [7, 11) is 0. The van der Waals surface area contributed by atoms with E-state index in [1.807, 2.05) is 35.9 Å². The Bertz CT molecular complexity index is 578. The summed E-state index contributed by atoms with van der Waals surface area (Å²) in [5, 5.41) is 14.6. The maximum atomic E-state index is 10.1. The van der Waals surface area contributed by atoms with Crippen LogP contribution in [0.5, 0.6) is 5.75 Å². The molecule has 0 fully saturated rings. The van der Waals surface area contributed by atoms with E-state index in [-0.39, 0.29) is 0 Å². The third kappa shape index (κ3) is 3.64. The van der Waals surface area contributed by atoms with Gasteiger partial charge in [0, 0.05) is 12.1 Å². The maximum absolute atomic E-state index is 10.1. The molecule has 1 N–H and O–H groups in total. The molecule has 2 rings (SSSR count). The van der Waals surface area contributed by atoms with E-state index in [4.69, 9.17) is 4.74 Å². The van der Waals surface area contributed by atoms with Crippen LogP contribution in [0.3, 0.4) is 0 Å². The maximum Gasteiger partial charge on any atom is 0.130 e. The van der Waals surface area contributed by atoms with Crippen molar-refractivity contribution < 1.29 is 9.84 Å². The number of aryl methyl sites for hydroxylation is 2. The molecule has 0 aliphatic heterocycles. The van der Waals surface area contributed by atoms with Crippen LogP contribution in [0.1, 0.15) is 50.2 Å². The second-order valence-corrected chi connectivity index (χ2v) is 5.05. The molecule has 0 saturated carbocycles. The van der Waals surface area contributed by atoms with Gasteiger partial charge in [-0.05, 0) is 31.9 Å². The summed E-state index contributed by atoms with van der Waals surface area (Å²) in [4.78, 5) is 0. The van der Waals surface area contributed by atoms with Crippen LogP contribution in [0, 0.1) is 0 Å². The normalized spacial score (nSPS) is 12.4. The number of aliphatic hydroxyl groups is 1. The van der Waals surface area contributed by atoms with Crippen molar-refractivity contribution in [2.75, 3.05) is 0 Å². The third-order valence-electron chi connectivity index (χ3n) is 3.62. The second kappa shape index (κ2) is 7.27. The molecule has 1 aromatic carbocycles. The van der Waals surface area contributed by atoms with Crippen molar-refractivity contribution in [2.24, 2.45) is 0 Å². The van der Waals surface area contributed by atoms with Gasteiger partial charge in [-0.15, -0.1) is 0 Å². The van der Waals surface area contributed by atoms with Crippen LogP contribution in [-0.2, 0) is 19.6 Å². The molecule has 0 aliphatic rings. The van der Waals surface area contributed by atoms with E-state index in [0.717, 1.165) is 35.7 Å². The highest BCUT2D eigenvalue weighted by atomic mass is 16.5. The fourth-order valence-corrected chi connectivity index (χ4v) is 2.34. The van der Waals surface area contributed by atoms with Gasteiger partial charge >= 0.3 is 0 Å². The Labute approximate surface area is 126 Å². The van der Waals surface area contributed by atoms with Crippen molar-refractivity contribution in [3.8, 4) is 5.75 Å². The second-order valence-electron chi connectivity index (χ2n) is 5.05. The number of rotatable bonds is 7. The molecular weight excluding hydrogens is 264 g/mol. The summed E-state index contributed by atoms with van der Waals surface area (Å²) in [6, 6.07) is 9.75. The first-order valence-electron chi connectivity index (χ1n) is 7.64. The summed E-state index contributed by atoms with van der Waals surface area (Å²) < 4.78 is 7.90. The van der Waals surface area contributed by atoms with Gasteiger partial charge in [0.2, 0.25) is 0 Å². The molecule has 114 valence electrons. The van der Waals surface area contributed by atoms with Crippen LogP contribution in [0.25, 0.3) is 0 Å². The number of benzene rings is 1. The molecule has 0 saturated heterocycles. The topological polar surface area (TPSA) is 47.3 Å². The highest BCUT2D eigenvalue weighted by Gasteiger charge is 2.12. The number of aromatic nitrogens is 2. The molecule has 1 heterocycles. The summed E-state index contributed by atoms with van der Waals surface area (Å²) >= 11 is 0. The van der Waals surface area contributed by atoms with Crippen LogP contribution < -0.4 is 4.74 Å². The van der Waals surface area contributed by atoms with E-state index in [2.05, 4.69) is 25.0 Å². The summed E-state index contributed by atoms with van der Waals surface area (Å²) in [6.07, 6.45) is 1.11. The van der Waals surface area contributed by atoms with Crippen molar-refractivity contribution in [3.63, 3.8) is 0 Å². The van der Waals surface area contributed by atoms with Gasteiger partial charge in [-0.25, -0.2) is 0 Å². The fraction of sp³-hybridized carbons (Fsp3) is 0.471. The first kappa shape index (κ1) is 15.6. The minimum absolute atomic E-state index is 0.467. The number of aliphatic hydroxyl groups excluding tert-OH is 1. The van der Waals surface area contributed by atoms with E-state index >= 15 is 0 Å². The lowest BCUT2D eigenvalue weighted by Crippen LogP contribution is -2.07. The van der Waals surface area contributed by atoms with Crippen molar-refractivity contribution >= 4 is 0 Å². The Morgan fingerprint density at radius 1 is 1.24 bits per heavy atom. The monoisotopic (exact) mass is 288 g/mol. The molecule has 1 unspecified atom stereocenters. The number of hydrogen-bond donors (Lipinski definition) is 1. The largest absolute Gasteiger partial charge is 0.487 e. The molecule has 1 aromatic heterocycles. The first-order valence-corrected chi connectivity index (χ1v) is 7.64. The quantitative estimate of drug-likeness (QED) is 0.848. The lowest BCUT2D eigenvalue weighted by molar-refractivity contribution is 0.166. The molecule has 21 heavy (non-hydrogen) atoms. The summed E-state index contributed by atoms with van der Waals surface area (Å²) in [6.45, 7) is 7.43. The molecule has 1 atom stereocenters. The molecule has 4 heteroatoms. The summed E-state index contributed by atoms with van der Waals surface area (Å²) in [5.41, 5.74) is 2.99. The zero-order chi connectivity index (χ0) is 15.2. The smallest absolute Gasteiger partial charge is 0.130 e. The van der Waals surface area contributed by atoms with Gasteiger partial charge in [-0.2, -0.15) is 5.10 Å². The Kier molecular flexibility index (Phi) is 5.39. The van der Waals surface area contributed by atoms with Crippen molar-refractivity contribution in [1.29, 1.82) is 0 Å². The van der Waals surface area contributed by atoms with E-state index in [1.54, 1.807) is 0 Å². The average molecular weight is 288 g/mol. The number of ether oxygens (including phenoxy) is 1. The number of para-hydroxylation sites is 1. The first-order chi connectivity index (χ1) is 10.2. The highest BCUT2D eigenvalue weighted by Crippen LogP contribution is 2.27. The van der Waals surface area contributed by atoms with Gasteiger partial charge in [0.25, 0.3) is 0 Å². The van der Waals surface area contributed by atoms with Gasteiger partial charge < -0.3 is 9.84 Å². The van der Waals surface area contributed by atoms with Gasteiger partial charge in [0.15, 0.2) is 0 Å². The third-order valence-corrected chi connectivity index (χ3v) is 3.62. The van der Waals surface area contributed by atoms with E-state index in [9.17, 15) is 5.11 Å². The van der Waals surface area contributed by atoms with Crippen LogP contribution in [0.2, 0.25) is 0 Å². The molecule has 0 bridgehead atoms. The Morgan fingerprint density at radius 2 is 2.00 bits per heavy atom. The summed E-state index contributed by atoms with van der Waals surface area (Å²) in [5.74, 6) is 0.744. The molecule has 0 aliphatic carbocycles. The number of nitrogens with zero attached hydrogens (tertiary/aromatic N) is 2. The van der Waals surface area contributed by atoms with Gasteiger partial charge in [-0.1, -0.05) is 32.0 Å². The average Bonchev–Trinajstić information content (AvgIpc) is 2.94. The van der Waals surface area contributed by atoms with E-state index < -0.39 is 6.10 Å². The zero-order valence-electron chi connectivity index (χ0n) is 13.0. The Balaban J connectivity index is 2.15. The van der Waals surface area contributed by atoms with Crippen LogP contribution >= 0.6 is 0 Å².